The molecule has 112 valence electrons. The van der Waals surface area contributed by atoms with Gasteiger partial charge in [-0.3, -0.25) is 0 Å². The van der Waals surface area contributed by atoms with E-state index in [1.165, 1.54) is 11.6 Å². The minimum absolute atomic E-state index is 0.237. The Morgan fingerprint density at radius 1 is 1.19 bits per heavy atom. The third kappa shape index (κ3) is 4.30. The molecule has 2 aromatic rings. The summed E-state index contributed by atoms with van der Waals surface area (Å²) < 4.78 is 19.4. The van der Waals surface area contributed by atoms with Gasteiger partial charge in [-0.05, 0) is 49.9 Å². The van der Waals surface area contributed by atoms with E-state index in [1.807, 2.05) is 25.1 Å². The van der Waals surface area contributed by atoms with Crippen LogP contribution in [0.25, 0.3) is 0 Å². The molecule has 0 aromatic heterocycles. The third-order valence-corrected chi connectivity index (χ3v) is 3.49. The van der Waals surface area contributed by atoms with Crippen LogP contribution in [0.3, 0.4) is 0 Å². The maximum Gasteiger partial charge on any atom is 0.126 e. The van der Waals surface area contributed by atoms with E-state index in [1.54, 1.807) is 13.0 Å². The van der Waals surface area contributed by atoms with E-state index < -0.39 is 0 Å². The summed E-state index contributed by atoms with van der Waals surface area (Å²) in [5.41, 5.74) is 8.48. The van der Waals surface area contributed by atoms with Crippen molar-refractivity contribution in [2.75, 3.05) is 6.61 Å². The van der Waals surface area contributed by atoms with Gasteiger partial charge < -0.3 is 10.5 Å². The normalized spacial score (nSPS) is 12.2. The fourth-order valence-electron chi connectivity index (χ4n) is 2.25. The van der Waals surface area contributed by atoms with Crippen molar-refractivity contribution < 1.29 is 9.13 Å². The lowest BCUT2D eigenvalue weighted by atomic mass is 10.0. The predicted molar refractivity (Wildman–Crippen MR) is 84.0 cm³/mol. The number of benzene rings is 2. The van der Waals surface area contributed by atoms with Gasteiger partial charge in [-0.2, -0.15) is 0 Å². The van der Waals surface area contributed by atoms with E-state index in [2.05, 4.69) is 12.1 Å². The Morgan fingerprint density at radius 2 is 1.90 bits per heavy atom. The zero-order chi connectivity index (χ0) is 15.2. The maximum atomic E-state index is 13.6. The lowest BCUT2D eigenvalue weighted by Crippen LogP contribution is -2.10. The van der Waals surface area contributed by atoms with E-state index >= 15 is 0 Å². The molecule has 2 nitrogen and oxygen atoms in total. The Bertz CT molecular complexity index is 581. The highest BCUT2D eigenvalue weighted by Gasteiger charge is 2.12. The van der Waals surface area contributed by atoms with Crippen LogP contribution in [-0.2, 0) is 6.42 Å². The summed E-state index contributed by atoms with van der Waals surface area (Å²) in [5, 5.41) is 0. The molecule has 0 saturated carbocycles. The number of nitrogens with two attached hydrogens (primary N) is 1. The minimum atomic E-state index is -0.246. The first-order valence-electron chi connectivity index (χ1n) is 7.30. The largest absolute Gasteiger partial charge is 0.493 e. The Morgan fingerprint density at radius 3 is 2.57 bits per heavy atom. The van der Waals surface area contributed by atoms with Crippen molar-refractivity contribution in [2.45, 2.75) is 32.7 Å². The van der Waals surface area contributed by atoms with E-state index in [9.17, 15) is 4.39 Å². The quantitative estimate of drug-likeness (QED) is 0.809. The van der Waals surface area contributed by atoms with Crippen LogP contribution in [0.4, 0.5) is 4.39 Å². The minimum Gasteiger partial charge on any atom is -0.493 e. The molecule has 0 radical (unpaired) electrons. The Hall–Kier alpha value is -1.87. The van der Waals surface area contributed by atoms with Crippen LogP contribution >= 0.6 is 0 Å². The van der Waals surface area contributed by atoms with Crippen LogP contribution in [0.15, 0.2) is 42.5 Å². The lowest BCUT2D eigenvalue weighted by molar-refractivity contribution is 0.305. The van der Waals surface area contributed by atoms with Crippen LogP contribution in [0.1, 0.15) is 36.1 Å². The van der Waals surface area contributed by atoms with Crippen LogP contribution in [-0.4, -0.2) is 6.61 Å². The lowest BCUT2D eigenvalue weighted by Gasteiger charge is -2.15. The number of hydrogen-bond donors (Lipinski definition) is 1. The van der Waals surface area contributed by atoms with Crippen molar-refractivity contribution in [1.29, 1.82) is 0 Å². The average Bonchev–Trinajstić information content (AvgIpc) is 2.47. The highest BCUT2D eigenvalue weighted by atomic mass is 19.1. The van der Waals surface area contributed by atoms with Crippen LogP contribution < -0.4 is 10.5 Å². The molecule has 3 heteroatoms. The molecule has 0 fully saturated rings. The zero-order valence-electron chi connectivity index (χ0n) is 12.6. The van der Waals surface area contributed by atoms with Gasteiger partial charge in [0.1, 0.15) is 11.6 Å². The van der Waals surface area contributed by atoms with Crippen LogP contribution in [0.5, 0.6) is 5.75 Å². The molecule has 0 spiro atoms. The van der Waals surface area contributed by atoms with Gasteiger partial charge in [-0.1, -0.05) is 30.3 Å². The van der Waals surface area contributed by atoms with Gasteiger partial charge in [-0.15, -0.1) is 0 Å². The topological polar surface area (TPSA) is 35.2 Å². The van der Waals surface area contributed by atoms with Gasteiger partial charge in [0.25, 0.3) is 0 Å². The first kappa shape index (κ1) is 15.5. The number of rotatable bonds is 6. The standard InChI is InChI=1S/C18H22FNO/c1-13-11-18(16(14(2)20)12-17(13)19)21-10-6-9-15-7-4-3-5-8-15/h3-5,7-8,11-12,14H,6,9-10,20H2,1-2H3/t14-/m1/s1. The Labute approximate surface area is 125 Å². The molecule has 0 saturated heterocycles. The van der Waals surface area contributed by atoms with Crippen molar-refractivity contribution in [1.82, 2.24) is 0 Å². The van der Waals surface area contributed by atoms with Crippen molar-refractivity contribution in [3.63, 3.8) is 0 Å². The van der Waals surface area contributed by atoms with Crippen LogP contribution in [0, 0.1) is 12.7 Å². The third-order valence-electron chi connectivity index (χ3n) is 3.49. The predicted octanol–water partition coefficient (Wildman–Crippen LogP) is 4.17. The maximum absolute atomic E-state index is 13.6. The smallest absolute Gasteiger partial charge is 0.126 e. The second-order valence-electron chi connectivity index (χ2n) is 5.37. The summed E-state index contributed by atoms with van der Waals surface area (Å²) in [6, 6.07) is 13.3. The molecule has 0 aliphatic heterocycles. The Kier molecular flexibility index (Phi) is 5.34. The molecule has 0 amide bonds. The molecule has 0 aliphatic carbocycles. The molecule has 0 bridgehead atoms. The molecular formula is C18H22FNO. The second-order valence-corrected chi connectivity index (χ2v) is 5.37. The molecule has 0 aliphatic rings. The summed E-state index contributed by atoms with van der Waals surface area (Å²) in [4.78, 5) is 0. The monoisotopic (exact) mass is 287 g/mol. The number of aryl methyl sites for hydroxylation is 2. The van der Waals surface area contributed by atoms with Gasteiger partial charge in [0.05, 0.1) is 6.61 Å². The van der Waals surface area contributed by atoms with Crippen molar-refractivity contribution in [2.24, 2.45) is 5.73 Å². The van der Waals surface area contributed by atoms with E-state index in [-0.39, 0.29) is 11.9 Å². The van der Waals surface area contributed by atoms with E-state index in [0.29, 0.717) is 17.9 Å². The van der Waals surface area contributed by atoms with Crippen molar-refractivity contribution in [3.05, 3.63) is 65.0 Å². The van der Waals surface area contributed by atoms with Gasteiger partial charge in [0.15, 0.2) is 0 Å². The molecule has 1 atom stereocenters. The molecule has 2 rings (SSSR count). The van der Waals surface area contributed by atoms with Gasteiger partial charge in [0, 0.05) is 11.6 Å². The molecule has 0 heterocycles. The van der Waals surface area contributed by atoms with E-state index in [0.717, 1.165) is 18.4 Å². The average molecular weight is 287 g/mol. The first-order chi connectivity index (χ1) is 10.1. The summed E-state index contributed by atoms with van der Waals surface area (Å²) in [5.74, 6) is 0.455. The van der Waals surface area contributed by atoms with Crippen LogP contribution in [0.2, 0.25) is 0 Å². The van der Waals surface area contributed by atoms with E-state index in [4.69, 9.17) is 10.5 Å². The highest BCUT2D eigenvalue weighted by Crippen LogP contribution is 2.27. The molecule has 2 aromatic carbocycles. The fourth-order valence-corrected chi connectivity index (χ4v) is 2.25. The molecule has 0 unspecified atom stereocenters. The van der Waals surface area contributed by atoms with Gasteiger partial charge in [-0.25, -0.2) is 4.39 Å². The molecule has 21 heavy (non-hydrogen) atoms. The van der Waals surface area contributed by atoms with Gasteiger partial charge in [0.2, 0.25) is 0 Å². The summed E-state index contributed by atoms with van der Waals surface area (Å²) >= 11 is 0. The van der Waals surface area contributed by atoms with Crippen molar-refractivity contribution in [3.8, 4) is 5.75 Å². The summed E-state index contributed by atoms with van der Waals surface area (Å²) in [7, 11) is 0. The fraction of sp³-hybridized carbons (Fsp3) is 0.333. The summed E-state index contributed by atoms with van der Waals surface area (Å²) in [6.07, 6.45) is 1.88. The number of hydrogen-bond acceptors (Lipinski definition) is 2. The zero-order valence-corrected chi connectivity index (χ0v) is 12.6. The van der Waals surface area contributed by atoms with Crippen molar-refractivity contribution >= 4 is 0 Å². The molecular weight excluding hydrogens is 265 g/mol. The first-order valence-corrected chi connectivity index (χ1v) is 7.30. The summed E-state index contributed by atoms with van der Waals surface area (Å²) in [6.45, 7) is 4.16. The SMILES string of the molecule is Cc1cc(OCCCc2ccccc2)c([C@@H](C)N)cc1F. The number of halogens is 1. The number of ether oxygens (including phenoxy) is 1. The molecule has 2 N–H and O–H groups in total. The highest BCUT2D eigenvalue weighted by molar-refractivity contribution is 5.39. The van der Waals surface area contributed by atoms with Gasteiger partial charge >= 0.3 is 0 Å². The Balaban J connectivity index is 1.95. The second kappa shape index (κ2) is 7.23.